The molecule has 1 N–H and O–H groups in total. The van der Waals surface area contributed by atoms with Crippen LogP contribution in [-0.2, 0) is 4.79 Å². The lowest BCUT2D eigenvalue weighted by molar-refractivity contribution is -0.118. The first-order chi connectivity index (χ1) is 12.9. The predicted molar refractivity (Wildman–Crippen MR) is 97.4 cm³/mol. The normalized spacial score (nSPS) is 10.5. The third-order valence-electron chi connectivity index (χ3n) is 3.75. The first-order valence-electron chi connectivity index (χ1n) is 8.21. The highest BCUT2D eigenvalue weighted by Crippen LogP contribution is 2.20. The summed E-state index contributed by atoms with van der Waals surface area (Å²) in [6.45, 7) is 3.20. The fourth-order valence-electron chi connectivity index (χ4n) is 2.43. The van der Waals surface area contributed by atoms with E-state index in [2.05, 4.69) is 15.3 Å². The van der Waals surface area contributed by atoms with Gasteiger partial charge in [0.05, 0.1) is 0 Å². The molecule has 0 aliphatic heterocycles. The minimum Gasteiger partial charge on any atom is -0.467 e. The summed E-state index contributed by atoms with van der Waals surface area (Å²) >= 11 is 0. The number of nitrogens with zero attached hydrogens (tertiary/aromatic N) is 2. The quantitative estimate of drug-likeness (QED) is 0.737. The van der Waals surface area contributed by atoms with Gasteiger partial charge in [0, 0.05) is 23.0 Å². The molecule has 0 saturated carbocycles. The lowest BCUT2D eigenvalue weighted by Gasteiger charge is -2.10. The average Bonchev–Trinajstić information content (AvgIpc) is 2.62. The molecule has 0 aliphatic carbocycles. The van der Waals surface area contributed by atoms with Crippen molar-refractivity contribution in [3.05, 3.63) is 71.4 Å². The molecule has 0 unspecified atom stereocenters. The van der Waals surface area contributed by atoms with Gasteiger partial charge in [-0.2, -0.15) is 4.98 Å². The van der Waals surface area contributed by atoms with Crippen molar-refractivity contribution in [3.63, 3.8) is 0 Å². The maximum absolute atomic E-state index is 13.1. The second-order valence-electron chi connectivity index (χ2n) is 5.97. The number of benzene rings is 2. The predicted octanol–water partition coefficient (Wildman–Crippen LogP) is 4.06. The van der Waals surface area contributed by atoms with Crippen LogP contribution in [-0.4, -0.2) is 22.5 Å². The number of ether oxygens (including phenoxy) is 1. The van der Waals surface area contributed by atoms with Crippen molar-refractivity contribution in [1.82, 2.24) is 9.97 Å². The molecule has 5 nitrogen and oxygen atoms in total. The Hall–Kier alpha value is -3.35. The first-order valence-corrected chi connectivity index (χ1v) is 8.21. The molecule has 27 heavy (non-hydrogen) atoms. The lowest BCUT2D eigenvalue weighted by atomic mass is 10.2. The largest absolute Gasteiger partial charge is 0.467 e. The summed E-state index contributed by atoms with van der Waals surface area (Å²) in [7, 11) is 0. The summed E-state index contributed by atoms with van der Waals surface area (Å²) in [6.07, 6.45) is 0. The molecule has 1 aromatic heterocycles. The van der Waals surface area contributed by atoms with E-state index in [4.69, 9.17) is 4.74 Å². The van der Waals surface area contributed by atoms with Crippen molar-refractivity contribution in [2.75, 3.05) is 11.9 Å². The molecule has 0 radical (unpaired) electrons. The smallest absolute Gasteiger partial charge is 0.262 e. The van der Waals surface area contributed by atoms with Gasteiger partial charge in [-0.3, -0.25) is 4.79 Å². The highest BCUT2D eigenvalue weighted by molar-refractivity contribution is 5.92. The first kappa shape index (κ1) is 18.4. The Bertz CT molecular complexity index is 975. The second-order valence-corrected chi connectivity index (χ2v) is 5.97. The molecular weight excluding hydrogens is 352 g/mol. The number of carbonyl (C=O) groups is 1. The Kier molecular flexibility index (Phi) is 5.40. The number of anilines is 1. The summed E-state index contributed by atoms with van der Waals surface area (Å²) in [4.78, 5) is 20.6. The molecule has 1 heterocycles. The molecule has 2 aromatic carbocycles. The van der Waals surface area contributed by atoms with Gasteiger partial charge in [-0.05, 0) is 61.9 Å². The monoisotopic (exact) mass is 369 g/mol. The summed E-state index contributed by atoms with van der Waals surface area (Å²) in [5.41, 5.74) is 2.40. The van der Waals surface area contributed by atoms with Crippen LogP contribution < -0.4 is 10.1 Å². The van der Waals surface area contributed by atoms with E-state index in [1.807, 2.05) is 0 Å². The van der Waals surface area contributed by atoms with Crippen LogP contribution in [0, 0.1) is 25.5 Å². The Balaban J connectivity index is 1.68. The van der Waals surface area contributed by atoms with Crippen LogP contribution in [0.5, 0.6) is 5.88 Å². The van der Waals surface area contributed by atoms with Gasteiger partial charge in [-0.25, -0.2) is 13.8 Å². The van der Waals surface area contributed by atoms with Crippen LogP contribution in [0.3, 0.4) is 0 Å². The van der Waals surface area contributed by atoms with E-state index >= 15 is 0 Å². The summed E-state index contributed by atoms with van der Waals surface area (Å²) < 4.78 is 31.6. The number of nitrogens with one attached hydrogen (secondary N) is 1. The number of hydrogen-bond donors (Lipinski definition) is 1. The van der Waals surface area contributed by atoms with Crippen LogP contribution in [0.15, 0.2) is 48.5 Å². The van der Waals surface area contributed by atoms with Crippen molar-refractivity contribution in [2.45, 2.75) is 13.8 Å². The summed E-state index contributed by atoms with van der Waals surface area (Å²) in [6, 6.07) is 11.5. The zero-order valence-corrected chi connectivity index (χ0v) is 14.8. The molecule has 0 aliphatic rings. The van der Waals surface area contributed by atoms with Gasteiger partial charge < -0.3 is 10.1 Å². The van der Waals surface area contributed by atoms with Gasteiger partial charge in [0.15, 0.2) is 12.4 Å². The number of halogens is 2. The molecule has 0 saturated heterocycles. The standard InChI is InChI=1S/C20H17F2N3O2/c1-12-9-16(22)7-8-17(12)24-18(26)11-27-19-10-13(2)23-20(25-19)14-3-5-15(21)6-4-14/h3-10H,11H2,1-2H3,(H,24,26). The van der Waals surface area contributed by atoms with Crippen molar-refractivity contribution in [2.24, 2.45) is 0 Å². The molecule has 0 atom stereocenters. The fraction of sp³-hybridized carbons (Fsp3) is 0.150. The molecule has 0 spiro atoms. The lowest BCUT2D eigenvalue weighted by Crippen LogP contribution is -2.21. The molecule has 3 aromatic rings. The number of rotatable bonds is 5. The van der Waals surface area contributed by atoms with E-state index in [-0.39, 0.29) is 24.1 Å². The van der Waals surface area contributed by atoms with Crippen molar-refractivity contribution < 1.29 is 18.3 Å². The van der Waals surface area contributed by atoms with Crippen molar-refractivity contribution in [3.8, 4) is 17.3 Å². The van der Waals surface area contributed by atoms with Gasteiger partial charge >= 0.3 is 0 Å². The van der Waals surface area contributed by atoms with Crippen LogP contribution in [0.25, 0.3) is 11.4 Å². The van der Waals surface area contributed by atoms with E-state index in [0.29, 0.717) is 28.3 Å². The topological polar surface area (TPSA) is 64.1 Å². The molecule has 0 bridgehead atoms. The fourth-order valence-corrected chi connectivity index (χ4v) is 2.43. The summed E-state index contributed by atoms with van der Waals surface area (Å²) in [5, 5.41) is 2.66. The van der Waals surface area contributed by atoms with E-state index in [0.717, 1.165) is 0 Å². The van der Waals surface area contributed by atoms with Gasteiger partial charge in [-0.1, -0.05) is 0 Å². The Morgan fingerprint density at radius 3 is 2.41 bits per heavy atom. The minimum absolute atomic E-state index is 0.229. The molecule has 3 rings (SSSR count). The van der Waals surface area contributed by atoms with Crippen LogP contribution in [0.2, 0.25) is 0 Å². The highest BCUT2D eigenvalue weighted by Gasteiger charge is 2.10. The number of aryl methyl sites for hydroxylation is 2. The molecule has 1 amide bonds. The Morgan fingerprint density at radius 1 is 1.00 bits per heavy atom. The van der Waals surface area contributed by atoms with Crippen LogP contribution >= 0.6 is 0 Å². The third kappa shape index (κ3) is 4.84. The second kappa shape index (κ2) is 7.90. The SMILES string of the molecule is Cc1cc(OCC(=O)Nc2ccc(F)cc2C)nc(-c2ccc(F)cc2)n1. The van der Waals surface area contributed by atoms with Crippen LogP contribution in [0.1, 0.15) is 11.3 Å². The van der Waals surface area contributed by atoms with Gasteiger partial charge in [0.2, 0.25) is 5.88 Å². The minimum atomic E-state index is -0.399. The zero-order valence-electron chi connectivity index (χ0n) is 14.8. The third-order valence-corrected chi connectivity index (χ3v) is 3.75. The van der Waals surface area contributed by atoms with Crippen LogP contribution in [0.4, 0.5) is 14.5 Å². The van der Waals surface area contributed by atoms with Crippen molar-refractivity contribution >= 4 is 11.6 Å². The van der Waals surface area contributed by atoms with Gasteiger partial charge in [-0.15, -0.1) is 0 Å². The maximum Gasteiger partial charge on any atom is 0.262 e. The molecule has 0 fully saturated rings. The summed E-state index contributed by atoms with van der Waals surface area (Å²) in [5.74, 6) is -0.515. The van der Waals surface area contributed by atoms with Gasteiger partial charge in [0.25, 0.3) is 5.91 Å². The zero-order chi connectivity index (χ0) is 19.4. The number of aromatic nitrogens is 2. The van der Waals surface area contributed by atoms with Crippen molar-refractivity contribution in [1.29, 1.82) is 0 Å². The maximum atomic E-state index is 13.1. The van der Waals surface area contributed by atoms with E-state index in [1.165, 1.54) is 30.3 Å². The number of hydrogen-bond acceptors (Lipinski definition) is 4. The number of carbonyl (C=O) groups excluding carboxylic acids is 1. The molecular formula is C20H17F2N3O2. The van der Waals surface area contributed by atoms with E-state index < -0.39 is 5.91 Å². The number of amides is 1. The Morgan fingerprint density at radius 2 is 1.70 bits per heavy atom. The average molecular weight is 369 g/mol. The van der Waals surface area contributed by atoms with E-state index in [9.17, 15) is 13.6 Å². The molecule has 7 heteroatoms. The van der Waals surface area contributed by atoms with Gasteiger partial charge in [0.1, 0.15) is 11.6 Å². The Labute approximate surface area is 155 Å². The van der Waals surface area contributed by atoms with E-state index in [1.54, 1.807) is 32.0 Å². The highest BCUT2D eigenvalue weighted by atomic mass is 19.1. The molecule has 138 valence electrons.